The van der Waals surface area contributed by atoms with E-state index in [1.54, 1.807) is 6.20 Å². The standard InChI is InChI=1S/C5H4Cl2N/c6-4-1-5(7)3-8-2-4/h2,8H,3H2. The summed E-state index contributed by atoms with van der Waals surface area (Å²) in [5.74, 6) is 0. The first-order chi connectivity index (χ1) is 3.79. The van der Waals surface area contributed by atoms with Gasteiger partial charge in [-0.25, -0.2) is 0 Å². The van der Waals surface area contributed by atoms with Crippen molar-refractivity contribution in [3.8, 4) is 0 Å². The molecule has 1 radical (unpaired) electrons. The molecule has 0 amide bonds. The molecular weight excluding hydrogens is 145 g/mol. The first-order valence-corrected chi connectivity index (χ1v) is 2.92. The number of hydrogen-bond donors (Lipinski definition) is 1. The third-order valence-corrected chi connectivity index (χ3v) is 1.17. The van der Waals surface area contributed by atoms with Gasteiger partial charge < -0.3 is 5.32 Å². The number of rotatable bonds is 0. The maximum Gasteiger partial charge on any atom is 0.0654 e. The van der Waals surface area contributed by atoms with Crippen molar-refractivity contribution >= 4 is 23.2 Å². The lowest BCUT2D eigenvalue weighted by molar-refractivity contribution is 0.949. The molecule has 0 bridgehead atoms. The fourth-order valence-electron chi connectivity index (χ4n) is 0.440. The number of dihydropyridines is 1. The lowest BCUT2D eigenvalue weighted by Crippen LogP contribution is -2.10. The van der Waals surface area contributed by atoms with Gasteiger partial charge in [0.25, 0.3) is 0 Å². The Morgan fingerprint density at radius 1 is 1.62 bits per heavy atom. The van der Waals surface area contributed by atoms with E-state index in [-0.39, 0.29) is 0 Å². The maximum absolute atomic E-state index is 5.53. The highest BCUT2D eigenvalue weighted by atomic mass is 35.5. The number of nitrogens with one attached hydrogen (secondary N) is 1. The molecule has 1 aliphatic heterocycles. The monoisotopic (exact) mass is 148 g/mol. The van der Waals surface area contributed by atoms with E-state index in [1.165, 1.54) is 0 Å². The van der Waals surface area contributed by atoms with Crippen LogP contribution in [0, 0.1) is 6.08 Å². The van der Waals surface area contributed by atoms with E-state index in [1.807, 2.05) is 0 Å². The normalized spacial score (nSPS) is 18.8. The smallest absolute Gasteiger partial charge is 0.0654 e. The van der Waals surface area contributed by atoms with E-state index >= 15 is 0 Å². The molecule has 0 spiro atoms. The van der Waals surface area contributed by atoms with Crippen LogP contribution >= 0.6 is 23.2 Å². The van der Waals surface area contributed by atoms with Crippen LogP contribution in [-0.2, 0) is 0 Å². The van der Waals surface area contributed by atoms with Crippen LogP contribution in [0.5, 0.6) is 0 Å². The van der Waals surface area contributed by atoms with Gasteiger partial charge in [0, 0.05) is 17.3 Å². The van der Waals surface area contributed by atoms with Gasteiger partial charge in [-0.3, -0.25) is 0 Å². The first-order valence-electron chi connectivity index (χ1n) is 2.16. The summed E-state index contributed by atoms with van der Waals surface area (Å²) < 4.78 is 0. The number of hydrogen-bond acceptors (Lipinski definition) is 1. The molecule has 0 fully saturated rings. The fourth-order valence-corrected chi connectivity index (χ4v) is 0.859. The van der Waals surface area contributed by atoms with Gasteiger partial charge in [0.2, 0.25) is 0 Å². The molecule has 8 heavy (non-hydrogen) atoms. The summed E-state index contributed by atoms with van der Waals surface area (Å²) in [6.45, 7) is 0.637. The van der Waals surface area contributed by atoms with Gasteiger partial charge in [0.05, 0.1) is 11.6 Å². The zero-order chi connectivity index (χ0) is 5.98. The van der Waals surface area contributed by atoms with Crippen molar-refractivity contribution in [3.05, 3.63) is 22.3 Å². The molecule has 3 heteroatoms. The molecule has 0 saturated carbocycles. The molecule has 0 aromatic carbocycles. The van der Waals surface area contributed by atoms with Gasteiger partial charge in [-0.2, -0.15) is 0 Å². The van der Waals surface area contributed by atoms with Crippen LogP contribution in [0.25, 0.3) is 0 Å². The van der Waals surface area contributed by atoms with E-state index in [4.69, 9.17) is 23.2 Å². The molecule has 0 saturated heterocycles. The highest BCUT2D eigenvalue weighted by Gasteiger charge is 1.98. The van der Waals surface area contributed by atoms with Crippen LogP contribution in [-0.4, -0.2) is 6.54 Å². The van der Waals surface area contributed by atoms with Crippen molar-refractivity contribution in [2.75, 3.05) is 6.54 Å². The summed E-state index contributed by atoms with van der Waals surface area (Å²) in [7, 11) is 0. The Balaban J connectivity index is 2.69. The summed E-state index contributed by atoms with van der Waals surface area (Å²) in [5, 5.41) is 4.01. The predicted molar refractivity (Wildman–Crippen MR) is 34.5 cm³/mol. The van der Waals surface area contributed by atoms with Crippen LogP contribution in [0.3, 0.4) is 0 Å². The lowest BCUT2D eigenvalue weighted by atomic mass is 10.4. The van der Waals surface area contributed by atoms with Crippen LogP contribution in [0.1, 0.15) is 0 Å². The summed E-state index contributed by atoms with van der Waals surface area (Å²) in [6.07, 6.45) is 4.39. The molecule has 0 aliphatic carbocycles. The summed E-state index contributed by atoms with van der Waals surface area (Å²) in [6, 6.07) is 0. The first kappa shape index (κ1) is 5.99. The maximum atomic E-state index is 5.53. The van der Waals surface area contributed by atoms with Gasteiger partial charge in [-0.15, -0.1) is 0 Å². The zero-order valence-corrected chi connectivity index (χ0v) is 5.55. The average molecular weight is 149 g/mol. The van der Waals surface area contributed by atoms with Crippen molar-refractivity contribution in [2.24, 2.45) is 0 Å². The van der Waals surface area contributed by atoms with E-state index in [9.17, 15) is 0 Å². The van der Waals surface area contributed by atoms with Crippen molar-refractivity contribution in [1.29, 1.82) is 0 Å². The van der Waals surface area contributed by atoms with Gasteiger partial charge >= 0.3 is 0 Å². The van der Waals surface area contributed by atoms with Crippen molar-refractivity contribution in [2.45, 2.75) is 0 Å². The lowest BCUT2D eigenvalue weighted by Gasteiger charge is -2.03. The minimum absolute atomic E-state index is 0.529. The van der Waals surface area contributed by atoms with Gasteiger partial charge in [0.1, 0.15) is 0 Å². The molecular formula is C5H4Cl2N. The molecule has 0 aromatic rings. The topological polar surface area (TPSA) is 12.0 Å². The largest absolute Gasteiger partial charge is 0.385 e. The van der Waals surface area contributed by atoms with Crippen LogP contribution in [0.15, 0.2) is 16.3 Å². The minimum atomic E-state index is 0.529. The van der Waals surface area contributed by atoms with Gasteiger partial charge in [-0.1, -0.05) is 23.2 Å². The predicted octanol–water partition coefficient (Wildman–Crippen LogP) is 1.60. The highest BCUT2D eigenvalue weighted by molar-refractivity contribution is 6.34. The molecule has 0 atom stereocenters. The Morgan fingerprint density at radius 2 is 2.38 bits per heavy atom. The molecule has 1 nitrogen and oxygen atoms in total. The third-order valence-electron chi connectivity index (χ3n) is 0.741. The molecule has 1 N–H and O–H groups in total. The van der Waals surface area contributed by atoms with E-state index in [0.29, 0.717) is 16.6 Å². The Kier molecular flexibility index (Phi) is 1.81. The molecule has 1 heterocycles. The van der Waals surface area contributed by atoms with Crippen LogP contribution in [0.4, 0.5) is 0 Å². The molecule has 43 valence electrons. The fraction of sp³-hybridized carbons (Fsp3) is 0.200. The Labute approximate surface area is 58.0 Å². The van der Waals surface area contributed by atoms with Crippen molar-refractivity contribution in [3.63, 3.8) is 0 Å². The minimum Gasteiger partial charge on any atom is -0.385 e. The molecule has 1 rings (SSSR count). The summed E-state index contributed by atoms with van der Waals surface area (Å²) in [4.78, 5) is 0. The Hall–Kier alpha value is -0.140. The van der Waals surface area contributed by atoms with Crippen molar-refractivity contribution in [1.82, 2.24) is 5.32 Å². The van der Waals surface area contributed by atoms with Gasteiger partial charge in [0.15, 0.2) is 0 Å². The van der Waals surface area contributed by atoms with E-state index in [2.05, 4.69) is 11.4 Å². The van der Waals surface area contributed by atoms with E-state index in [0.717, 1.165) is 0 Å². The Bertz CT molecular complexity index is 149. The second-order valence-electron chi connectivity index (χ2n) is 1.40. The highest BCUT2D eigenvalue weighted by Crippen LogP contribution is 2.11. The van der Waals surface area contributed by atoms with Gasteiger partial charge in [-0.05, 0) is 0 Å². The summed E-state index contributed by atoms with van der Waals surface area (Å²) >= 11 is 11.0. The van der Waals surface area contributed by atoms with Crippen LogP contribution in [0.2, 0.25) is 0 Å². The zero-order valence-electron chi connectivity index (χ0n) is 4.04. The van der Waals surface area contributed by atoms with E-state index < -0.39 is 0 Å². The van der Waals surface area contributed by atoms with Crippen LogP contribution < -0.4 is 5.32 Å². The average Bonchev–Trinajstić information content (AvgIpc) is 1.64. The summed E-state index contributed by atoms with van der Waals surface area (Å²) in [5.41, 5.74) is 0. The Morgan fingerprint density at radius 3 is 2.75 bits per heavy atom. The second-order valence-corrected chi connectivity index (χ2v) is 2.27. The van der Waals surface area contributed by atoms with Crippen molar-refractivity contribution < 1.29 is 0 Å². The molecule has 1 aliphatic rings. The number of halogens is 2. The quantitative estimate of drug-likeness (QED) is 0.551. The third kappa shape index (κ3) is 1.42. The number of allylic oxidation sites excluding steroid dienone is 2. The second kappa shape index (κ2) is 2.42. The molecule has 0 unspecified atom stereocenters. The SMILES string of the molecule is ClC1=[C]C(Cl)=CNC1. The molecule has 0 aromatic heterocycles.